The molecule has 1 aromatic heterocycles. The molecular formula is C12H8Cl5N3O3. The van der Waals surface area contributed by atoms with Crippen molar-refractivity contribution in [2.45, 2.75) is 13.3 Å². The summed E-state index contributed by atoms with van der Waals surface area (Å²) < 4.78 is 9.82. The average Bonchev–Trinajstić information content (AvgIpc) is 2.98. The molecule has 0 saturated heterocycles. The Labute approximate surface area is 155 Å². The zero-order valence-corrected chi connectivity index (χ0v) is 15.2. The summed E-state index contributed by atoms with van der Waals surface area (Å²) in [6.45, 7) is 1.42. The van der Waals surface area contributed by atoms with Gasteiger partial charge in [-0.3, -0.25) is 4.79 Å². The zero-order chi connectivity index (χ0) is 17.1. The van der Waals surface area contributed by atoms with Crippen LogP contribution in [0.3, 0.4) is 0 Å². The summed E-state index contributed by atoms with van der Waals surface area (Å²) in [7, 11) is 0. The number of benzene rings is 1. The molecule has 2 rings (SSSR count). The number of halogens is 5. The van der Waals surface area contributed by atoms with Gasteiger partial charge >= 0.3 is 0 Å². The van der Waals surface area contributed by atoms with Crippen LogP contribution in [0.15, 0.2) is 4.63 Å². The van der Waals surface area contributed by atoms with Crippen LogP contribution in [-0.2, 0) is 11.2 Å². The molecular weight excluding hydrogens is 411 g/mol. The van der Waals surface area contributed by atoms with Crippen LogP contribution in [0.25, 0.3) is 0 Å². The number of nitrogens with one attached hydrogen (secondary N) is 1. The standard InChI is InChI=1S/C12H8Cl5N3O3/c1-2-4-12(20-23-19-4)18-5(21)3-22-11-9(16)7(14)6(13)8(15)10(11)17/h2-3H2,1H3,(H,18,20,21). The van der Waals surface area contributed by atoms with Crippen LogP contribution in [0.5, 0.6) is 5.75 Å². The highest BCUT2D eigenvalue weighted by Crippen LogP contribution is 2.48. The normalized spacial score (nSPS) is 10.7. The number of carbonyl (C=O) groups excluding carboxylic acids is 1. The Morgan fingerprint density at radius 2 is 1.61 bits per heavy atom. The van der Waals surface area contributed by atoms with Crippen molar-refractivity contribution in [3.8, 4) is 5.75 Å². The van der Waals surface area contributed by atoms with E-state index in [1.54, 1.807) is 0 Å². The van der Waals surface area contributed by atoms with E-state index in [4.69, 9.17) is 62.7 Å². The summed E-state index contributed by atoms with van der Waals surface area (Å²) in [5.74, 6) is -0.355. The third-order valence-corrected chi connectivity index (χ3v) is 4.91. The molecule has 1 heterocycles. The van der Waals surface area contributed by atoms with Gasteiger partial charge in [0.15, 0.2) is 12.4 Å². The van der Waals surface area contributed by atoms with Crippen LogP contribution in [-0.4, -0.2) is 22.8 Å². The number of aromatic nitrogens is 2. The Bertz CT molecular complexity index is 721. The second kappa shape index (κ2) is 7.77. The lowest BCUT2D eigenvalue weighted by atomic mass is 10.3. The monoisotopic (exact) mass is 417 g/mol. The van der Waals surface area contributed by atoms with Gasteiger partial charge < -0.3 is 10.1 Å². The summed E-state index contributed by atoms with van der Waals surface area (Å²) >= 11 is 29.7. The lowest BCUT2D eigenvalue weighted by molar-refractivity contribution is -0.118. The van der Waals surface area contributed by atoms with Gasteiger partial charge in [-0.1, -0.05) is 70.1 Å². The molecule has 0 atom stereocenters. The Kier molecular flexibility index (Phi) is 6.22. The van der Waals surface area contributed by atoms with Gasteiger partial charge in [0, 0.05) is 0 Å². The quantitative estimate of drug-likeness (QED) is 0.550. The number of anilines is 1. The highest BCUT2D eigenvalue weighted by Gasteiger charge is 2.21. The minimum absolute atomic E-state index is 0.00129. The van der Waals surface area contributed by atoms with Crippen LogP contribution in [0.1, 0.15) is 12.6 Å². The molecule has 0 spiro atoms. The van der Waals surface area contributed by atoms with Crippen LogP contribution in [0.2, 0.25) is 25.1 Å². The number of aryl methyl sites for hydroxylation is 1. The molecule has 0 saturated carbocycles. The Hall–Kier alpha value is -0.920. The van der Waals surface area contributed by atoms with Gasteiger partial charge in [-0.25, -0.2) is 4.63 Å². The fourth-order valence-electron chi connectivity index (χ4n) is 1.55. The smallest absolute Gasteiger partial charge is 0.263 e. The number of rotatable bonds is 5. The van der Waals surface area contributed by atoms with Crippen molar-refractivity contribution in [1.29, 1.82) is 0 Å². The van der Waals surface area contributed by atoms with Crippen molar-refractivity contribution in [2.24, 2.45) is 0 Å². The molecule has 124 valence electrons. The lowest BCUT2D eigenvalue weighted by Crippen LogP contribution is -2.21. The Morgan fingerprint density at radius 3 is 2.17 bits per heavy atom. The highest BCUT2D eigenvalue weighted by atomic mass is 35.5. The molecule has 0 unspecified atom stereocenters. The molecule has 0 aliphatic heterocycles. The molecule has 2 aromatic rings. The Balaban J connectivity index is 2.11. The van der Waals surface area contributed by atoms with E-state index in [-0.39, 0.29) is 36.7 Å². The second-order valence-corrected chi connectivity index (χ2v) is 6.04. The maximum Gasteiger partial charge on any atom is 0.263 e. The first-order chi connectivity index (χ1) is 10.9. The van der Waals surface area contributed by atoms with E-state index in [0.29, 0.717) is 12.1 Å². The van der Waals surface area contributed by atoms with Crippen LogP contribution in [0.4, 0.5) is 5.82 Å². The van der Waals surface area contributed by atoms with E-state index >= 15 is 0 Å². The van der Waals surface area contributed by atoms with E-state index in [1.165, 1.54) is 0 Å². The van der Waals surface area contributed by atoms with E-state index in [2.05, 4.69) is 20.3 Å². The van der Waals surface area contributed by atoms with E-state index in [1.807, 2.05) is 6.92 Å². The summed E-state index contributed by atoms with van der Waals surface area (Å²) in [6.07, 6.45) is 0.542. The number of amides is 1. The molecule has 0 bridgehead atoms. The van der Waals surface area contributed by atoms with Gasteiger partial charge in [-0.2, -0.15) is 0 Å². The maximum atomic E-state index is 11.9. The maximum absolute atomic E-state index is 11.9. The Morgan fingerprint density at radius 1 is 1.04 bits per heavy atom. The number of nitrogens with zero attached hydrogens (tertiary/aromatic N) is 2. The fraction of sp³-hybridized carbons (Fsp3) is 0.250. The van der Waals surface area contributed by atoms with Crippen molar-refractivity contribution in [3.63, 3.8) is 0 Å². The van der Waals surface area contributed by atoms with Gasteiger partial charge in [-0.15, -0.1) is 0 Å². The fourth-order valence-corrected chi connectivity index (χ4v) is 2.78. The topological polar surface area (TPSA) is 77.3 Å². The highest BCUT2D eigenvalue weighted by molar-refractivity contribution is 6.55. The largest absolute Gasteiger partial charge is 0.481 e. The first kappa shape index (κ1) is 18.4. The molecule has 11 heteroatoms. The summed E-state index contributed by atoms with van der Waals surface area (Å²) in [6, 6.07) is 0. The molecule has 1 aromatic carbocycles. The van der Waals surface area contributed by atoms with Crippen molar-refractivity contribution in [3.05, 3.63) is 30.8 Å². The third kappa shape index (κ3) is 3.95. The van der Waals surface area contributed by atoms with Crippen molar-refractivity contribution < 1.29 is 14.2 Å². The SMILES string of the molecule is CCc1nonc1NC(=O)COc1c(Cl)c(Cl)c(Cl)c(Cl)c1Cl. The predicted molar refractivity (Wildman–Crippen MR) is 89.3 cm³/mol. The number of ether oxygens (including phenoxy) is 1. The summed E-state index contributed by atoms with van der Waals surface area (Å²) in [4.78, 5) is 11.9. The van der Waals surface area contributed by atoms with Crippen LogP contribution >= 0.6 is 58.0 Å². The van der Waals surface area contributed by atoms with Gasteiger partial charge in [0.25, 0.3) is 5.91 Å². The van der Waals surface area contributed by atoms with E-state index in [9.17, 15) is 4.79 Å². The molecule has 0 radical (unpaired) electrons. The first-order valence-electron chi connectivity index (χ1n) is 6.12. The van der Waals surface area contributed by atoms with Gasteiger partial charge in [0.05, 0.1) is 15.1 Å². The summed E-state index contributed by atoms with van der Waals surface area (Å²) in [5.41, 5.74) is 0.506. The van der Waals surface area contributed by atoms with Crippen LogP contribution in [0, 0.1) is 0 Å². The lowest BCUT2D eigenvalue weighted by Gasteiger charge is -2.13. The molecule has 1 amide bonds. The number of hydrogen-bond acceptors (Lipinski definition) is 5. The molecule has 23 heavy (non-hydrogen) atoms. The van der Waals surface area contributed by atoms with Gasteiger partial charge in [0.2, 0.25) is 5.82 Å². The van der Waals surface area contributed by atoms with Crippen molar-refractivity contribution >= 4 is 69.7 Å². The number of carbonyl (C=O) groups is 1. The second-order valence-electron chi connectivity index (χ2n) is 4.15. The minimum atomic E-state index is -0.523. The van der Waals surface area contributed by atoms with Gasteiger partial charge in [0.1, 0.15) is 15.7 Å². The van der Waals surface area contributed by atoms with Crippen molar-refractivity contribution in [2.75, 3.05) is 11.9 Å². The first-order valence-corrected chi connectivity index (χ1v) is 8.01. The zero-order valence-electron chi connectivity index (χ0n) is 11.4. The minimum Gasteiger partial charge on any atom is -0.481 e. The van der Waals surface area contributed by atoms with Crippen LogP contribution < -0.4 is 10.1 Å². The molecule has 1 N–H and O–H groups in total. The molecule has 0 aliphatic carbocycles. The van der Waals surface area contributed by atoms with Crippen molar-refractivity contribution in [1.82, 2.24) is 10.3 Å². The molecule has 6 nitrogen and oxygen atoms in total. The number of hydrogen-bond donors (Lipinski definition) is 1. The van der Waals surface area contributed by atoms with E-state index in [0.717, 1.165) is 0 Å². The molecule has 0 aliphatic rings. The predicted octanol–water partition coefficient (Wildman–Crippen LogP) is 4.92. The molecule has 0 fully saturated rings. The third-order valence-electron chi connectivity index (χ3n) is 2.67. The average molecular weight is 419 g/mol. The van der Waals surface area contributed by atoms with Gasteiger partial charge in [-0.05, 0) is 11.6 Å². The van der Waals surface area contributed by atoms with E-state index < -0.39 is 12.5 Å². The summed E-state index contributed by atoms with van der Waals surface area (Å²) in [5, 5.41) is 9.56.